The Hall–Kier alpha value is -4.05. The van der Waals surface area contributed by atoms with Crippen molar-refractivity contribution in [1.29, 1.82) is 0 Å². The smallest absolute Gasteiger partial charge is 0.266 e. The predicted molar refractivity (Wildman–Crippen MR) is 106 cm³/mol. The second-order valence-electron chi connectivity index (χ2n) is 6.19. The number of hydrogen-bond acceptors (Lipinski definition) is 4. The first-order valence-electron chi connectivity index (χ1n) is 8.44. The Labute approximate surface area is 159 Å². The van der Waals surface area contributed by atoms with Crippen LogP contribution in [0, 0.1) is 19.3 Å². The predicted octanol–water partition coefficient (Wildman–Crippen LogP) is 4.52. The molecule has 4 rings (SSSR count). The van der Waals surface area contributed by atoms with Crippen LogP contribution in [-0.4, -0.2) is 14.5 Å². The maximum atomic E-state index is 13.6. The zero-order valence-electron chi connectivity index (χ0n) is 14.8. The molecule has 0 bridgehead atoms. The molecule has 0 spiro atoms. The van der Waals surface area contributed by atoms with Gasteiger partial charge in [0.05, 0.1) is 41.2 Å². The van der Waals surface area contributed by atoms with Gasteiger partial charge in [0.15, 0.2) is 5.69 Å². The highest BCUT2D eigenvalue weighted by Crippen LogP contribution is 2.24. The molecular weight excluding hydrogens is 357 g/mol. The summed E-state index contributed by atoms with van der Waals surface area (Å²) in [6.45, 7) is 9.08. The molecule has 0 saturated carbocycles. The van der Waals surface area contributed by atoms with Crippen molar-refractivity contribution in [1.82, 2.24) is 14.5 Å². The highest BCUT2D eigenvalue weighted by atomic mass is 19.1. The van der Waals surface area contributed by atoms with Gasteiger partial charge in [-0.15, -0.1) is 0 Å². The quantitative estimate of drug-likeness (QED) is 0.538. The lowest BCUT2D eigenvalue weighted by atomic mass is 10.2. The number of aryl methyl sites for hydroxylation is 1. The fourth-order valence-corrected chi connectivity index (χ4v) is 2.97. The maximum Gasteiger partial charge on any atom is 0.266 e. The third-order valence-electron chi connectivity index (χ3n) is 4.30. The molecule has 0 saturated heterocycles. The molecule has 4 aromatic rings. The summed E-state index contributed by atoms with van der Waals surface area (Å²) in [4.78, 5) is 25.1. The van der Waals surface area contributed by atoms with E-state index >= 15 is 0 Å². The van der Waals surface area contributed by atoms with Crippen molar-refractivity contribution in [2.45, 2.75) is 6.92 Å². The minimum absolute atomic E-state index is 0.231. The number of nitrogens with one attached hydrogen (secondary N) is 1. The molecular formula is C21H14FN5O. The third-order valence-corrected chi connectivity index (χ3v) is 4.30. The molecule has 0 unspecified atom stereocenters. The second kappa shape index (κ2) is 6.93. The first-order valence-corrected chi connectivity index (χ1v) is 8.44. The molecule has 0 fully saturated rings. The number of nitrogens with zero attached hydrogens (tertiary/aromatic N) is 4. The fourth-order valence-electron chi connectivity index (χ4n) is 2.97. The van der Waals surface area contributed by atoms with Crippen molar-refractivity contribution < 1.29 is 4.39 Å². The topological polar surface area (TPSA) is 64.2 Å². The lowest BCUT2D eigenvalue weighted by molar-refractivity contribution is 0.622. The lowest BCUT2D eigenvalue weighted by Crippen LogP contribution is -2.23. The summed E-state index contributed by atoms with van der Waals surface area (Å²) in [6.07, 6.45) is 2.54. The number of fused-ring (bicyclic) bond motifs is 1. The summed E-state index contributed by atoms with van der Waals surface area (Å²) in [6, 6.07) is 13.4. The van der Waals surface area contributed by atoms with Crippen LogP contribution in [0.2, 0.25) is 0 Å². The van der Waals surface area contributed by atoms with Crippen LogP contribution in [0.5, 0.6) is 0 Å². The largest absolute Gasteiger partial charge is 0.324 e. The van der Waals surface area contributed by atoms with Gasteiger partial charge in [-0.05, 0) is 30.7 Å². The van der Waals surface area contributed by atoms with E-state index in [1.54, 1.807) is 18.2 Å². The minimum Gasteiger partial charge on any atom is -0.324 e. The van der Waals surface area contributed by atoms with Crippen molar-refractivity contribution in [3.8, 4) is 5.69 Å². The first-order chi connectivity index (χ1) is 13.6. The Bertz CT molecular complexity index is 1310. The Morgan fingerprint density at radius 1 is 1.14 bits per heavy atom. The zero-order valence-corrected chi connectivity index (χ0v) is 14.8. The number of rotatable bonds is 3. The molecule has 2 heterocycles. The highest BCUT2D eigenvalue weighted by Gasteiger charge is 2.15. The molecule has 0 atom stereocenters. The maximum absolute atomic E-state index is 13.6. The monoisotopic (exact) mass is 371 g/mol. The number of pyridine rings is 1. The number of halogens is 1. The van der Waals surface area contributed by atoms with E-state index in [2.05, 4.69) is 20.1 Å². The van der Waals surface area contributed by atoms with Crippen molar-refractivity contribution in [3.05, 3.63) is 94.1 Å². The van der Waals surface area contributed by atoms with Crippen LogP contribution < -0.4 is 10.9 Å². The van der Waals surface area contributed by atoms with E-state index in [-0.39, 0.29) is 11.5 Å². The van der Waals surface area contributed by atoms with Gasteiger partial charge in [-0.25, -0.2) is 18.8 Å². The number of anilines is 2. The van der Waals surface area contributed by atoms with Crippen molar-refractivity contribution in [2.75, 3.05) is 5.32 Å². The van der Waals surface area contributed by atoms with Gasteiger partial charge in [0, 0.05) is 6.07 Å². The molecule has 28 heavy (non-hydrogen) atoms. The molecule has 0 aliphatic carbocycles. The van der Waals surface area contributed by atoms with E-state index in [9.17, 15) is 9.18 Å². The van der Waals surface area contributed by atoms with E-state index < -0.39 is 5.82 Å². The molecule has 2 aromatic heterocycles. The molecule has 6 nitrogen and oxygen atoms in total. The van der Waals surface area contributed by atoms with Gasteiger partial charge in [-0.1, -0.05) is 24.3 Å². The summed E-state index contributed by atoms with van der Waals surface area (Å²) < 4.78 is 15.0. The molecule has 7 heteroatoms. The van der Waals surface area contributed by atoms with E-state index in [1.165, 1.54) is 22.9 Å². The van der Waals surface area contributed by atoms with Crippen LogP contribution in [0.3, 0.4) is 0 Å². The Kier molecular flexibility index (Phi) is 4.30. The van der Waals surface area contributed by atoms with Crippen LogP contribution in [0.1, 0.15) is 5.56 Å². The molecule has 0 amide bonds. The SMILES string of the molecule is [C-]#[N+]c1ccc2nc(Nc3cncc(F)c3)n(-c3ccccc3C)c(=O)c2c1. The normalized spacial score (nSPS) is 10.6. The van der Waals surface area contributed by atoms with Crippen molar-refractivity contribution in [2.24, 2.45) is 0 Å². The molecule has 0 radical (unpaired) electrons. The Morgan fingerprint density at radius 2 is 1.96 bits per heavy atom. The number of aromatic nitrogens is 3. The molecule has 2 aromatic carbocycles. The standard InChI is InChI=1S/C21H14FN5O/c1-13-5-3-4-6-19(13)27-20(28)17-10-15(23-2)7-8-18(17)26-21(27)25-16-9-14(22)11-24-12-16/h3-12H,1H3,(H,25,26). The van der Waals surface area contributed by atoms with E-state index in [0.717, 1.165) is 11.8 Å². The summed E-state index contributed by atoms with van der Waals surface area (Å²) in [7, 11) is 0. The number of benzene rings is 2. The second-order valence-corrected chi connectivity index (χ2v) is 6.19. The molecule has 0 aliphatic heterocycles. The molecule has 136 valence electrons. The van der Waals surface area contributed by atoms with Crippen molar-refractivity contribution >= 4 is 28.2 Å². The Morgan fingerprint density at radius 3 is 2.71 bits per heavy atom. The van der Waals surface area contributed by atoms with Crippen LogP contribution >= 0.6 is 0 Å². The summed E-state index contributed by atoms with van der Waals surface area (Å²) in [5, 5.41) is 3.32. The summed E-state index contributed by atoms with van der Waals surface area (Å²) in [5.74, 6) is -0.271. The number of hydrogen-bond donors (Lipinski definition) is 1. The van der Waals surface area contributed by atoms with Crippen LogP contribution in [0.25, 0.3) is 21.4 Å². The average molecular weight is 371 g/mol. The van der Waals surface area contributed by atoms with Gasteiger partial charge < -0.3 is 5.32 Å². The lowest BCUT2D eigenvalue weighted by Gasteiger charge is -2.16. The average Bonchev–Trinajstić information content (AvgIpc) is 2.69. The van der Waals surface area contributed by atoms with Gasteiger partial charge in [-0.2, -0.15) is 0 Å². The van der Waals surface area contributed by atoms with E-state index in [0.29, 0.717) is 28.0 Å². The van der Waals surface area contributed by atoms with E-state index in [4.69, 9.17) is 6.57 Å². The highest BCUT2D eigenvalue weighted by molar-refractivity contribution is 5.83. The van der Waals surface area contributed by atoms with Crippen LogP contribution in [-0.2, 0) is 0 Å². The van der Waals surface area contributed by atoms with E-state index in [1.807, 2.05) is 25.1 Å². The fraction of sp³-hybridized carbons (Fsp3) is 0.0476. The minimum atomic E-state index is -0.503. The summed E-state index contributed by atoms with van der Waals surface area (Å²) in [5.41, 5.74) is 2.35. The molecule has 0 aliphatic rings. The van der Waals surface area contributed by atoms with Crippen LogP contribution in [0.15, 0.2) is 65.7 Å². The van der Waals surface area contributed by atoms with Gasteiger partial charge in [0.1, 0.15) is 5.82 Å². The zero-order chi connectivity index (χ0) is 19.7. The number of para-hydroxylation sites is 1. The third kappa shape index (κ3) is 3.08. The first kappa shape index (κ1) is 17.4. The van der Waals surface area contributed by atoms with Crippen LogP contribution in [0.4, 0.5) is 21.7 Å². The Balaban J connectivity index is 2.02. The van der Waals surface area contributed by atoms with Crippen molar-refractivity contribution in [3.63, 3.8) is 0 Å². The molecule has 1 N–H and O–H groups in total. The van der Waals surface area contributed by atoms with Gasteiger partial charge >= 0.3 is 0 Å². The summed E-state index contributed by atoms with van der Waals surface area (Å²) >= 11 is 0. The van der Waals surface area contributed by atoms with Gasteiger partial charge in [0.2, 0.25) is 5.95 Å². The van der Waals surface area contributed by atoms with Gasteiger partial charge in [0.25, 0.3) is 5.56 Å². The van der Waals surface area contributed by atoms with Gasteiger partial charge in [-0.3, -0.25) is 9.78 Å².